The van der Waals surface area contributed by atoms with Crippen LogP contribution in [0.25, 0.3) is 0 Å². The van der Waals surface area contributed by atoms with Gasteiger partial charge in [0.05, 0.1) is 19.8 Å². The van der Waals surface area contributed by atoms with Crippen molar-refractivity contribution in [3.63, 3.8) is 0 Å². The van der Waals surface area contributed by atoms with Crippen LogP contribution >= 0.6 is 0 Å². The zero-order valence-electron chi connectivity index (χ0n) is 22.2. The maximum atomic E-state index is 13.2. The number of likely N-dealkylation sites (tertiary alicyclic amines) is 2. The topological polar surface area (TPSA) is 65.5 Å². The van der Waals surface area contributed by atoms with Gasteiger partial charge in [-0.05, 0) is 55.2 Å². The standard InChI is InChI=1S/C28H45N3O4/c1-5-12-31(35-15-6-2)26(32)20-30-19-23(21-7-8-25-22(17-21)10-16-34-25)18-24(30)9-13-29-14-11-28(3,4)27(29)33/h7-8,17,23-24,27,33H,5-6,9-16,18-20H2,1-4H3/t23-,24+,27?/m1/s1. The predicted molar refractivity (Wildman–Crippen MR) is 137 cm³/mol. The average Bonchev–Trinajstić information content (AvgIpc) is 3.53. The van der Waals surface area contributed by atoms with Crippen molar-refractivity contribution in [2.45, 2.75) is 84.4 Å². The van der Waals surface area contributed by atoms with E-state index in [0.717, 1.165) is 70.5 Å². The van der Waals surface area contributed by atoms with Crippen molar-refractivity contribution in [2.75, 3.05) is 45.9 Å². The molecule has 7 nitrogen and oxygen atoms in total. The molecule has 0 aromatic heterocycles. The second kappa shape index (κ2) is 11.6. The highest BCUT2D eigenvalue weighted by Crippen LogP contribution is 2.38. The van der Waals surface area contributed by atoms with Crippen LogP contribution in [0.3, 0.4) is 0 Å². The number of amides is 1. The zero-order chi connectivity index (χ0) is 25.0. The van der Waals surface area contributed by atoms with Gasteiger partial charge in [0, 0.05) is 44.1 Å². The Hall–Kier alpha value is -1.67. The molecule has 1 aromatic rings. The summed E-state index contributed by atoms with van der Waals surface area (Å²) in [5.74, 6) is 1.47. The van der Waals surface area contributed by atoms with Crippen LogP contribution in [0.1, 0.15) is 76.8 Å². The van der Waals surface area contributed by atoms with Crippen molar-refractivity contribution in [3.8, 4) is 5.75 Å². The van der Waals surface area contributed by atoms with Gasteiger partial charge in [0.1, 0.15) is 12.0 Å². The molecule has 1 amide bonds. The van der Waals surface area contributed by atoms with E-state index in [1.54, 1.807) is 5.06 Å². The summed E-state index contributed by atoms with van der Waals surface area (Å²) >= 11 is 0. The monoisotopic (exact) mass is 487 g/mol. The number of hydrogen-bond acceptors (Lipinski definition) is 6. The second-order valence-corrected chi connectivity index (χ2v) is 11.2. The maximum Gasteiger partial charge on any atom is 0.260 e. The summed E-state index contributed by atoms with van der Waals surface area (Å²) in [6, 6.07) is 6.94. The molecule has 1 aromatic carbocycles. The van der Waals surface area contributed by atoms with Crippen LogP contribution < -0.4 is 4.74 Å². The van der Waals surface area contributed by atoms with E-state index in [1.165, 1.54) is 11.1 Å². The molecule has 0 bridgehead atoms. The Bertz CT molecular complexity index is 861. The third-order valence-corrected chi connectivity index (χ3v) is 8.05. The molecular formula is C28H45N3O4. The molecule has 0 aliphatic carbocycles. The third kappa shape index (κ3) is 6.19. The molecular weight excluding hydrogens is 442 g/mol. The number of rotatable bonds is 11. The number of hydroxylamine groups is 2. The van der Waals surface area contributed by atoms with Crippen LogP contribution in [-0.4, -0.2) is 84.1 Å². The highest BCUT2D eigenvalue weighted by Gasteiger charge is 2.40. The Balaban J connectivity index is 1.45. The van der Waals surface area contributed by atoms with Crippen LogP contribution in [0.15, 0.2) is 18.2 Å². The van der Waals surface area contributed by atoms with Crippen LogP contribution in [0, 0.1) is 5.41 Å². The largest absolute Gasteiger partial charge is 0.493 e. The first-order chi connectivity index (χ1) is 16.8. The van der Waals surface area contributed by atoms with E-state index in [9.17, 15) is 9.90 Å². The Kier molecular flexibility index (Phi) is 8.74. The molecule has 0 spiro atoms. The van der Waals surface area contributed by atoms with Crippen LogP contribution in [-0.2, 0) is 16.1 Å². The quantitative estimate of drug-likeness (QED) is 0.479. The predicted octanol–water partition coefficient (Wildman–Crippen LogP) is 3.80. The van der Waals surface area contributed by atoms with Crippen molar-refractivity contribution in [1.29, 1.82) is 0 Å². The number of aliphatic hydroxyl groups is 1. The molecule has 35 heavy (non-hydrogen) atoms. The Morgan fingerprint density at radius 1 is 1.26 bits per heavy atom. The van der Waals surface area contributed by atoms with Crippen molar-refractivity contribution < 1.29 is 19.5 Å². The van der Waals surface area contributed by atoms with Gasteiger partial charge in [-0.15, -0.1) is 0 Å². The summed E-state index contributed by atoms with van der Waals surface area (Å²) in [6.45, 7) is 13.4. The molecule has 1 N–H and O–H groups in total. The van der Waals surface area contributed by atoms with E-state index in [2.05, 4.69) is 55.7 Å². The molecule has 7 heteroatoms. The number of ether oxygens (including phenoxy) is 1. The number of carbonyl (C=O) groups is 1. The number of carbonyl (C=O) groups excluding carboxylic acids is 1. The van der Waals surface area contributed by atoms with Gasteiger partial charge in [0.25, 0.3) is 5.91 Å². The molecule has 3 heterocycles. The molecule has 4 rings (SSSR count). The van der Waals surface area contributed by atoms with Crippen LogP contribution in [0.2, 0.25) is 0 Å². The van der Waals surface area contributed by atoms with E-state index in [4.69, 9.17) is 9.57 Å². The fourth-order valence-corrected chi connectivity index (χ4v) is 5.82. The molecule has 0 saturated carbocycles. The molecule has 3 aliphatic rings. The van der Waals surface area contributed by atoms with Gasteiger partial charge in [-0.2, -0.15) is 0 Å². The maximum absolute atomic E-state index is 13.2. The van der Waals surface area contributed by atoms with Gasteiger partial charge in [-0.1, -0.05) is 39.8 Å². The van der Waals surface area contributed by atoms with E-state index in [-0.39, 0.29) is 11.3 Å². The lowest BCUT2D eigenvalue weighted by molar-refractivity contribution is -0.188. The number of benzene rings is 1. The van der Waals surface area contributed by atoms with Gasteiger partial charge in [-0.25, -0.2) is 5.06 Å². The molecule has 1 unspecified atom stereocenters. The molecule has 3 aliphatic heterocycles. The Morgan fingerprint density at radius 2 is 2.09 bits per heavy atom. The smallest absolute Gasteiger partial charge is 0.260 e. The number of hydrogen-bond donors (Lipinski definition) is 1. The summed E-state index contributed by atoms with van der Waals surface area (Å²) < 4.78 is 5.71. The lowest BCUT2D eigenvalue weighted by Gasteiger charge is -2.31. The number of fused-ring (bicyclic) bond motifs is 1. The van der Waals surface area contributed by atoms with Crippen LogP contribution in [0.4, 0.5) is 0 Å². The van der Waals surface area contributed by atoms with E-state index < -0.39 is 6.23 Å². The van der Waals surface area contributed by atoms with Gasteiger partial charge < -0.3 is 9.84 Å². The van der Waals surface area contributed by atoms with Gasteiger partial charge in [-0.3, -0.25) is 19.4 Å². The van der Waals surface area contributed by atoms with Crippen molar-refractivity contribution in [1.82, 2.24) is 14.9 Å². The lowest BCUT2D eigenvalue weighted by Crippen LogP contribution is -2.44. The molecule has 196 valence electrons. The molecule has 3 atom stereocenters. The first-order valence-electron chi connectivity index (χ1n) is 13.7. The molecule has 0 radical (unpaired) electrons. The summed E-state index contributed by atoms with van der Waals surface area (Å²) in [5.41, 5.74) is 2.60. The van der Waals surface area contributed by atoms with Gasteiger partial charge in [0.15, 0.2) is 0 Å². The number of nitrogens with zero attached hydrogens (tertiary/aromatic N) is 3. The third-order valence-electron chi connectivity index (χ3n) is 8.05. The minimum atomic E-state index is -0.394. The van der Waals surface area contributed by atoms with Crippen molar-refractivity contribution >= 4 is 5.91 Å². The lowest BCUT2D eigenvalue weighted by atomic mass is 9.91. The highest BCUT2D eigenvalue weighted by atomic mass is 16.7. The zero-order valence-corrected chi connectivity index (χ0v) is 22.2. The van der Waals surface area contributed by atoms with E-state index in [1.807, 2.05) is 0 Å². The van der Waals surface area contributed by atoms with Crippen LogP contribution in [0.5, 0.6) is 5.75 Å². The molecule has 2 saturated heterocycles. The summed E-state index contributed by atoms with van der Waals surface area (Å²) in [4.78, 5) is 23.6. The number of aliphatic hydroxyl groups excluding tert-OH is 1. The highest BCUT2D eigenvalue weighted by molar-refractivity contribution is 5.77. The van der Waals surface area contributed by atoms with E-state index in [0.29, 0.717) is 31.7 Å². The van der Waals surface area contributed by atoms with Crippen molar-refractivity contribution in [3.05, 3.63) is 29.3 Å². The SMILES string of the molecule is CCCON(CCC)C(=O)CN1C[C@H](c2ccc3c(c2)CCO3)C[C@@H]1CCN1CCC(C)(C)C1O. The summed E-state index contributed by atoms with van der Waals surface area (Å²) in [5, 5.41) is 12.3. The molecule has 2 fully saturated rings. The fourth-order valence-electron chi connectivity index (χ4n) is 5.82. The summed E-state index contributed by atoms with van der Waals surface area (Å²) in [7, 11) is 0. The second-order valence-electron chi connectivity index (χ2n) is 11.2. The van der Waals surface area contributed by atoms with Crippen molar-refractivity contribution in [2.24, 2.45) is 5.41 Å². The average molecular weight is 488 g/mol. The Labute approximate surface area is 211 Å². The first-order valence-corrected chi connectivity index (χ1v) is 13.7. The van der Waals surface area contributed by atoms with Gasteiger partial charge in [0.2, 0.25) is 0 Å². The van der Waals surface area contributed by atoms with Gasteiger partial charge >= 0.3 is 0 Å². The first kappa shape index (κ1) is 26.4. The van der Waals surface area contributed by atoms with E-state index >= 15 is 0 Å². The summed E-state index contributed by atoms with van der Waals surface area (Å²) in [6.07, 6.45) is 5.35. The fraction of sp³-hybridized carbons (Fsp3) is 0.750. The minimum Gasteiger partial charge on any atom is -0.493 e. The minimum absolute atomic E-state index is 0.0515. The normalized spacial score (nSPS) is 26.1. The Morgan fingerprint density at radius 3 is 2.80 bits per heavy atom.